The molecule has 1 atom stereocenters. The average Bonchev–Trinajstić information content (AvgIpc) is 2.71. The van der Waals surface area contributed by atoms with Crippen LogP contribution in [0.2, 0.25) is 0 Å². The van der Waals surface area contributed by atoms with Gasteiger partial charge in [-0.05, 0) is 51.3 Å². The van der Waals surface area contributed by atoms with Crippen LogP contribution in [-0.4, -0.2) is 4.98 Å². The molecule has 3 heteroatoms. The number of nitrogens with zero attached hydrogens (tertiary/aromatic N) is 1. The molecule has 0 aliphatic rings. The monoisotopic (exact) mass is 274 g/mol. The van der Waals surface area contributed by atoms with E-state index in [-0.39, 0.29) is 0 Å². The number of aromatic nitrogens is 1. The summed E-state index contributed by atoms with van der Waals surface area (Å²) in [6, 6.07) is 4.89. The lowest BCUT2D eigenvalue weighted by molar-refractivity contribution is 0.573. The van der Waals surface area contributed by atoms with E-state index in [1.54, 1.807) is 11.3 Å². The summed E-state index contributed by atoms with van der Waals surface area (Å²) in [5.74, 6) is 0. The standard InChI is InChI=1S/C16H22N2S/c1-10-6-11(2)16(12(3)7-10)13(4)17-8-15-9-18-14(5)19-15/h6-7,9,13,17H,8H2,1-5H3. The van der Waals surface area contributed by atoms with Crippen LogP contribution in [0.25, 0.3) is 0 Å². The van der Waals surface area contributed by atoms with Crippen molar-refractivity contribution in [3.63, 3.8) is 0 Å². The summed E-state index contributed by atoms with van der Waals surface area (Å²) < 4.78 is 0. The number of hydrogen-bond donors (Lipinski definition) is 1. The van der Waals surface area contributed by atoms with Gasteiger partial charge in [-0.2, -0.15) is 0 Å². The van der Waals surface area contributed by atoms with Gasteiger partial charge in [-0.1, -0.05) is 17.7 Å². The molecular weight excluding hydrogens is 252 g/mol. The summed E-state index contributed by atoms with van der Waals surface area (Å²) in [5, 5.41) is 4.73. The molecule has 0 saturated carbocycles. The van der Waals surface area contributed by atoms with Gasteiger partial charge < -0.3 is 5.32 Å². The highest BCUT2D eigenvalue weighted by molar-refractivity contribution is 7.11. The molecule has 0 radical (unpaired) electrons. The van der Waals surface area contributed by atoms with Crippen molar-refractivity contribution in [1.82, 2.24) is 10.3 Å². The summed E-state index contributed by atoms with van der Waals surface area (Å²) in [7, 11) is 0. The van der Waals surface area contributed by atoms with E-state index in [1.807, 2.05) is 13.1 Å². The minimum absolute atomic E-state index is 0.364. The van der Waals surface area contributed by atoms with E-state index in [0.717, 1.165) is 11.6 Å². The highest BCUT2D eigenvalue weighted by Crippen LogP contribution is 2.24. The molecule has 2 nitrogen and oxygen atoms in total. The molecule has 0 spiro atoms. The summed E-state index contributed by atoms with van der Waals surface area (Å²) in [5.41, 5.74) is 5.51. The molecule has 1 N–H and O–H groups in total. The van der Waals surface area contributed by atoms with Crippen LogP contribution in [0.4, 0.5) is 0 Å². The van der Waals surface area contributed by atoms with Crippen LogP contribution in [0, 0.1) is 27.7 Å². The number of aryl methyl sites for hydroxylation is 4. The maximum absolute atomic E-state index is 4.29. The van der Waals surface area contributed by atoms with E-state index in [9.17, 15) is 0 Å². The number of nitrogens with one attached hydrogen (secondary N) is 1. The molecule has 0 saturated heterocycles. The first-order valence-electron chi connectivity index (χ1n) is 6.70. The van der Waals surface area contributed by atoms with Gasteiger partial charge in [0.25, 0.3) is 0 Å². The molecule has 102 valence electrons. The van der Waals surface area contributed by atoms with Crippen molar-refractivity contribution in [3.8, 4) is 0 Å². The molecule has 0 aliphatic carbocycles. The Morgan fingerprint density at radius 2 is 1.79 bits per heavy atom. The third-order valence-corrected chi connectivity index (χ3v) is 4.34. The molecule has 1 unspecified atom stereocenters. The van der Waals surface area contributed by atoms with Crippen molar-refractivity contribution < 1.29 is 0 Å². The molecule has 1 aromatic heterocycles. The van der Waals surface area contributed by atoms with Gasteiger partial charge in [0.2, 0.25) is 0 Å². The van der Waals surface area contributed by atoms with Crippen molar-refractivity contribution in [1.29, 1.82) is 0 Å². The first kappa shape index (κ1) is 14.2. The quantitative estimate of drug-likeness (QED) is 0.902. The summed E-state index contributed by atoms with van der Waals surface area (Å²) >= 11 is 1.76. The second-order valence-corrected chi connectivity index (χ2v) is 6.58. The van der Waals surface area contributed by atoms with Gasteiger partial charge in [-0.15, -0.1) is 11.3 Å². The predicted octanol–water partition coefficient (Wildman–Crippen LogP) is 4.23. The summed E-state index contributed by atoms with van der Waals surface area (Å²) in [6.07, 6.45) is 1.97. The Kier molecular flexibility index (Phi) is 4.38. The van der Waals surface area contributed by atoms with E-state index >= 15 is 0 Å². The zero-order chi connectivity index (χ0) is 14.0. The van der Waals surface area contributed by atoms with Gasteiger partial charge in [0.05, 0.1) is 5.01 Å². The normalized spacial score (nSPS) is 12.7. The molecule has 0 aliphatic heterocycles. The highest BCUT2D eigenvalue weighted by Gasteiger charge is 2.12. The Bertz CT molecular complexity index is 549. The minimum Gasteiger partial charge on any atom is -0.305 e. The number of benzene rings is 1. The summed E-state index contributed by atoms with van der Waals surface area (Å²) in [6.45, 7) is 11.7. The fourth-order valence-corrected chi connectivity index (χ4v) is 3.46. The van der Waals surface area contributed by atoms with E-state index < -0.39 is 0 Å². The first-order chi connectivity index (χ1) is 8.97. The van der Waals surface area contributed by atoms with Gasteiger partial charge in [-0.25, -0.2) is 4.98 Å². The number of thiazole rings is 1. The molecule has 2 rings (SSSR count). The maximum Gasteiger partial charge on any atom is 0.0897 e. The third-order valence-electron chi connectivity index (χ3n) is 3.42. The number of hydrogen-bond acceptors (Lipinski definition) is 3. The molecule has 0 bridgehead atoms. The Balaban J connectivity index is 2.10. The Labute approximate surface area is 119 Å². The largest absolute Gasteiger partial charge is 0.305 e. The fourth-order valence-electron chi connectivity index (χ4n) is 2.72. The SMILES string of the molecule is Cc1cc(C)c(C(C)NCc2cnc(C)s2)c(C)c1. The van der Waals surface area contributed by atoms with Gasteiger partial charge in [0.15, 0.2) is 0 Å². The molecular formula is C16H22N2S. The van der Waals surface area contributed by atoms with Crippen LogP contribution in [0.3, 0.4) is 0 Å². The second kappa shape index (κ2) is 5.85. The molecule has 2 aromatic rings. The molecule has 0 fully saturated rings. The first-order valence-corrected chi connectivity index (χ1v) is 7.51. The van der Waals surface area contributed by atoms with Gasteiger partial charge in [0.1, 0.15) is 0 Å². The smallest absolute Gasteiger partial charge is 0.0897 e. The topological polar surface area (TPSA) is 24.9 Å². The Hall–Kier alpha value is -1.19. The van der Waals surface area contributed by atoms with Crippen molar-refractivity contribution in [2.75, 3.05) is 0 Å². The molecule has 0 amide bonds. The van der Waals surface area contributed by atoms with Crippen LogP contribution in [0.15, 0.2) is 18.3 Å². The van der Waals surface area contributed by atoms with Crippen molar-refractivity contribution in [2.45, 2.75) is 47.2 Å². The third kappa shape index (κ3) is 3.43. The van der Waals surface area contributed by atoms with Crippen LogP contribution >= 0.6 is 11.3 Å². The number of rotatable bonds is 4. The second-order valence-electron chi connectivity index (χ2n) is 5.26. The molecule has 19 heavy (non-hydrogen) atoms. The predicted molar refractivity (Wildman–Crippen MR) is 82.8 cm³/mol. The van der Waals surface area contributed by atoms with Crippen LogP contribution in [0.5, 0.6) is 0 Å². The lowest BCUT2D eigenvalue weighted by atomic mass is 9.95. The van der Waals surface area contributed by atoms with Gasteiger partial charge in [0, 0.05) is 23.7 Å². The van der Waals surface area contributed by atoms with Crippen LogP contribution in [0.1, 0.15) is 45.1 Å². The lowest BCUT2D eigenvalue weighted by Gasteiger charge is -2.19. The maximum atomic E-state index is 4.29. The average molecular weight is 274 g/mol. The van der Waals surface area contributed by atoms with Crippen molar-refractivity contribution >= 4 is 11.3 Å². The Morgan fingerprint density at radius 1 is 1.16 bits per heavy atom. The highest BCUT2D eigenvalue weighted by atomic mass is 32.1. The zero-order valence-corrected chi connectivity index (χ0v) is 13.2. The summed E-state index contributed by atoms with van der Waals surface area (Å²) in [4.78, 5) is 5.59. The van der Waals surface area contributed by atoms with Gasteiger partial charge in [-0.3, -0.25) is 0 Å². The Morgan fingerprint density at radius 3 is 2.32 bits per heavy atom. The minimum atomic E-state index is 0.364. The lowest BCUT2D eigenvalue weighted by Crippen LogP contribution is -2.19. The molecule has 1 heterocycles. The van der Waals surface area contributed by atoms with E-state index in [0.29, 0.717) is 6.04 Å². The van der Waals surface area contributed by atoms with E-state index in [2.05, 4.69) is 50.1 Å². The fraction of sp³-hybridized carbons (Fsp3) is 0.438. The van der Waals surface area contributed by atoms with Gasteiger partial charge >= 0.3 is 0 Å². The van der Waals surface area contributed by atoms with E-state index in [1.165, 1.54) is 27.1 Å². The zero-order valence-electron chi connectivity index (χ0n) is 12.4. The molecule has 1 aromatic carbocycles. The van der Waals surface area contributed by atoms with Crippen LogP contribution < -0.4 is 5.32 Å². The van der Waals surface area contributed by atoms with Crippen LogP contribution in [-0.2, 0) is 6.54 Å². The van der Waals surface area contributed by atoms with Crippen molar-refractivity contribution in [3.05, 3.63) is 50.5 Å². The van der Waals surface area contributed by atoms with Crippen molar-refractivity contribution in [2.24, 2.45) is 0 Å². The van der Waals surface area contributed by atoms with E-state index in [4.69, 9.17) is 0 Å².